The van der Waals surface area contributed by atoms with Crippen LogP contribution in [-0.4, -0.2) is 6.04 Å². The Kier molecular flexibility index (Phi) is 5.76. The highest BCUT2D eigenvalue weighted by atomic mass is 14.9. The highest BCUT2D eigenvalue weighted by Crippen LogP contribution is 2.13. The van der Waals surface area contributed by atoms with Gasteiger partial charge in [-0.15, -0.1) is 0 Å². The SMILES string of the molecule is CCCCC(C)N/C=C(\N)C1=CCCC=C1. The van der Waals surface area contributed by atoms with Crippen molar-refractivity contribution in [3.05, 3.63) is 35.7 Å². The summed E-state index contributed by atoms with van der Waals surface area (Å²) in [6.45, 7) is 4.42. The number of hydrogen-bond donors (Lipinski definition) is 2. The van der Waals surface area contributed by atoms with Crippen LogP contribution in [0.4, 0.5) is 0 Å². The lowest BCUT2D eigenvalue weighted by Gasteiger charge is -2.13. The zero-order valence-corrected chi connectivity index (χ0v) is 10.5. The van der Waals surface area contributed by atoms with E-state index in [0.29, 0.717) is 6.04 Å². The van der Waals surface area contributed by atoms with E-state index < -0.39 is 0 Å². The van der Waals surface area contributed by atoms with Crippen molar-refractivity contribution < 1.29 is 0 Å². The molecular formula is C14H24N2. The molecule has 0 radical (unpaired) electrons. The molecule has 2 heteroatoms. The molecule has 90 valence electrons. The van der Waals surface area contributed by atoms with Gasteiger partial charge in [0.05, 0.1) is 5.70 Å². The Morgan fingerprint density at radius 2 is 2.38 bits per heavy atom. The van der Waals surface area contributed by atoms with E-state index in [9.17, 15) is 0 Å². The molecule has 0 aromatic heterocycles. The van der Waals surface area contributed by atoms with E-state index in [4.69, 9.17) is 5.73 Å². The highest BCUT2D eigenvalue weighted by Gasteiger charge is 2.02. The van der Waals surface area contributed by atoms with Crippen LogP contribution in [0, 0.1) is 0 Å². The number of rotatable bonds is 6. The van der Waals surface area contributed by atoms with E-state index in [1.165, 1.54) is 19.3 Å². The average molecular weight is 220 g/mol. The first-order valence-electron chi connectivity index (χ1n) is 6.32. The standard InChI is InChI=1S/C14H24N2/c1-3-4-8-12(2)16-11-14(15)13-9-6-5-7-10-13/h6,9-12,16H,3-5,7-8,15H2,1-2H3/b14-11-. The maximum atomic E-state index is 6.00. The van der Waals surface area contributed by atoms with E-state index in [1.54, 1.807) is 0 Å². The quantitative estimate of drug-likeness (QED) is 0.721. The van der Waals surface area contributed by atoms with Gasteiger partial charge in [-0.05, 0) is 31.8 Å². The third-order valence-corrected chi connectivity index (χ3v) is 2.84. The van der Waals surface area contributed by atoms with Crippen molar-refractivity contribution in [2.45, 2.75) is 52.0 Å². The molecule has 16 heavy (non-hydrogen) atoms. The third-order valence-electron chi connectivity index (χ3n) is 2.84. The summed E-state index contributed by atoms with van der Waals surface area (Å²) in [7, 11) is 0. The fraction of sp³-hybridized carbons (Fsp3) is 0.571. The molecule has 1 aliphatic carbocycles. The van der Waals surface area contributed by atoms with Crippen molar-refractivity contribution in [2.24, 2.45) is 5.73 Å². The number of hydrogen-bond acceptors (Lipinski definition) is 2. The summed E-state index contributed by atoms with van der Waals surface area (Å²) in [5.41, 5.74) is 8.01. The van der Waals surface area contributed by atoms with Crippen LogP contribution in [0.5, 0.6) is 0 Å². The Morgan fingerprint density at radius 1 is 1.56 bits per heavy atom. The third kappa shape index (κ3) is 4.56. The minimum Gasteiger partial charge on any atom is -0.397 e. The molecule has 0 aliphatic heterocycles. The summed E-state index contributed by atoms with van der Waals surface area (Å²) in [6.07, 6.45) is 14.4. The van der Waals surface area contributed by atoms with Crippen molar-refractivity contribution in [1.82, 2.24) is 5.32 Å². The average Bonchev–Trinajstić information content (AvgIpc) is 2.34. The molecule has 0 aromatic carbocycles. The fourth-order valence-corrected chi connectivity index (χ4v) is 1.74. The van der Waals surface area contributed by atoms with Gasteiger partial charge in [-0.25, -0.2) is 0 Å². The Morgan fingerprint density at radius 3 is 3.00 bits per heavy atom. The predicted octanol–water partition coefficient (Wildman–Crippen LogP) is 3.23. The minimum atomic E-state index is 0.506. The summed E-state index contributed by atoms with van der Waals surface area (Å²) >= 11 is 0. The Balaban J connectivity index is 2.38. The van der Waals surface area contributed by atoms with Gasteiger partial charge in [-0.3, -0.25) is 0 Å². The molecule has 0 bridgehead atoms. The molecule has 1 atom stereocenters. The second-order valence-electron chi connectivity index (χ2n) is 4.45. The zero-order valence-electron chi connectivity index (χ0n) is 10.5. The molecule has 0 aromatic rings. The maximum Gasteiger partial charge on any atom is 0.0543 e. The number of unbranched alkanes of at least 4 members (excludes halogenated alkanes) is 1. The first kappa shape index (κ1) is 12.9. The smallest absolute Gasteiger partial charge is 0.0543 e. The molecule has 0 fully saturated rings. The van der Waals surface area contributed by atoms with Gasteiger partial charge in [0.2, 0.25) is 0 Å². The van der Waals surface area contributed by atoms with E-state index in [1.807, 2.05) is 6.20 Å². The van der Waals surface area contributed by atoms with Crippen LogP contribution in [0.3, 0.4) is 0 Å². The Hall–Kier alpha value is -1.18. The summed E-state index contributed by atoms with van der Waals surface area (Å²) < 4.78 is 0. The molecule has 2 nitrogen and oxygen atoms in total. The summed E-state index contributed by atoms with van der Waals surface area (Å²) in [5.74, 6) is 0. The molecule has 0 saturated heterocycles. The molecule has 0 amide bonds. The van der Waals surface area contributed by atoms with Crippen molar-refractivity contribution in [2.75, 3.05) is 0 Å². The largest absolute Gasteiger partial charge is 0.397 e. The molecular weight excluding hydrogens is 196 g/mol. The van der Waals surface area contributed by atoms with Crippen molar-refractivity contribution in [1.29, 1.82) is 0 Å². The number of nitrogens with two attached hydrogens (primary N) is 1. The minimum absolute atomic E-state index is 0.506. The van der Waals surface area contributed by atoms with Crippen LogP contribution in [0.1, 0.15) is 46.0 Å². The van der Waals surface area contributed by atoms with Gasteiger partial charge < -0.3 is 11.1 Å². The van der Waals surface area contributed by atoms with Crippen molar-refractivity contribution in [3.63, 3.8) is 0 Å². The first-order chi connectivity index (χ1) is 7.74. The van der Waals surface area contributed by atoms with E-state index in [2.05, 4.69) is 37.4 Å². The van der Waals surface area contributed by atoms with E-state index in [0.717, 1.165) is 24.1 Å². The van der Waals surface area contributed by atoms with Gasteiger partial charge in [0.25, 0.3) is 0 Å². The van der Waals surface area contributed by atoms with Crippen LogP contribution < -0.4 is 11.1 Å². The lowest BCUT2D eigenvalue weighted by atomic mass is 10.1. The predicted molar refractivity (Wildman–Crippen MR) is 70.9 cm³/mol. The van der Waals surface area contributed by atoms with Gasteiger partial charge in [0.15, 0.2) is 0 Å². The Bertz CT molecular complexity index is 287. The molecule has 0 saturated carbocycles. The van der Waals surface area contributed by atoms with Crippen LogP contribution >= 0.6 is 0 Å². The molecule has 1 unspecified atom stereocenters. The van der Waals surface area contributed by atoms with Crippen LogP contribution in [0.15, 0.2) is 35.7 Å². The number of allylic oxidation sites excluding steroid dienone is 3. The van der Waals surface area contributed by atoms with E-state index >= 15 is 0 Å². The number of nitrogens with one attached hydrogen (secondary N) is 1. The highest BCUT2D eigenvalue weighted by molar-refractivity contribution is 5.38. The zero-order chi connectivity index (χ0) is 11.8. The van der Waals surface area contributed by atoms with Gasteiger partial charge >= 0.3 is 0 Å². The van der Waals surface area contributed by atoms with Crippen molar-refractivity contribution in [3.8, 4) is 0 Å². The second-order valence-corrected chi connectivity index (χ2v) is 4.45. The summed E-state index contributed by atoms with van der Waals surface area (Å²) in [6, 6.07) is 0.506. The van der Waals surface area contributed by atoms with Gasteiger partial charge in [-0.2, -0.15) is 0 Å². The second kappa shape index (κ2) is 7.15. The molecule has 0 heterocycles. The monoisotopic (exact) mass is 220 g/mol. The fourth-order valence-electron chi connectivity index (χ4n) is 1.74. The van der Waals surface area contributed by atoms with Crippen LogP contribution in [-0.2, 0) is 0 Å². The van der Waals surface area contributed by atoms with Crippen molar-refractivity contribution >= 4 is 0 Å². The van der Waals surface area contributed by atoms with Crippen LogP contribution in [0.2, 0.25) is 0 Å². The topological polar surface area (TPSA) is 38.0 Å². The van der Waals surface area contributed by atoms with Crippen LogP contribution in [0.25, 0.3) is 0 Å². The van der Waals surface area contributed by atoms with E-state index in [-0.39, 0.29) is 0 Å². The van der Waals surface area contributed by atoms with Gasteiger partial charge in [-0.1, -0.05) is 38.0 Å². The lowest BCUT2D eigenvalue weighted by molar-refractivity contribution is 0.553. The maximum absolute atomic E-state index is 6.00. The van der Waals surface area contributed by atoms with Gasteiger partial charge in [0.1, 0.15) is 0 Å². The Labute approximate surface area is 99.3 Å². The molecule has 1 aliphatic rings. The summed E-state index contributed by atoms with van der Waals surface area (Å²) in [5, 5.41) is 3.35. The molecule has 3 N–H and O–H groups in total. The normalized spacial score (nSPS) is 18.1. The molecule has 1 rings (SSSR count). The summed E-state index contributed by atoms with van der Waals surface area (Å²) in [4.78, 5) is 0. The lowest BCUT2D eigenvalue weighted by Crippen LogP contribution is -2.22. The van der Waals surface area contributed by atoms with Gasteiger partial charge in [0, 0.05) is 12.2 Å². The first-order valence-corrected chi connectivity index (χ1v) is 6.32. The molecule has 0 spiro atoms.